The minimum Gasteiger partial charge on any atom is -0.314 e. The van der Waals surface area contributed by atoms with Crippen LogP contribution in [0.4, 0.5) is 4.39 Å². The van der Waals surface area contributed by atoms with Gasteiger partial charge in [-0.05, 0) is 31.8 Å². The van der Waals surface area contributed by atoms with Gasteiger partial charge in [0, 0.05) is 19.1 Å². The fourth-order valence-corrected chi connectivity index (χ4v) is 2.19. The summed E-state index contributed by atoms with van der Waals surface area (Å²) in [5.74, 6) is 0.654. The number of nitrogens with one attached hydrogen (secondary N) is 1. The maximum Gasteiger partial charge on any atom is 0.102 e. The van der Waals surface area contributed by atoms with Crippen LogP contribution >= 0.6 is 0 Å². The van der Waals surface area contributed by atoms with E-state index < -0.39 is 0 Å². The first-order valence-corrected chi connectivity index (χ1v) is 5.79. The highest BCUT2D eigenvalue weighted by Crippen LogP contribution is 2.16. The quantitative estimate of drug-likeness (QED) is 0.729. The SMILES string of the molecule is CCCNC1CCN(CCF)CC1C. The summed E-state index contributed by atoms with van der Waals surface area (Å²) < 4.78 is 12.1. The number of hydrogen-bond donors (Lipinski definition) is 1. The van der Waals surface area contributed by atoms with Gasteiger partial charge >= 0.3 is 0 Å². The maximum atomic E-state index is 12.1. The third-order valence-corrected chi connectivity index (χ3v) is 3.05. The van der Waals surface area contributed by atoms with Crippen molar-refractivity contribution < 1.29 is 4.39 Å². The highest BCUT2D eigenvalue weighted by Gasteiger charge is 2.24. The Morgan fingerprint density at radius 2 is 2.29 bits per heavy atom. The fourth-order valence-electron chi connectivity index (χ4n) is 2.19. The number of likely N-dealkylation sites (tertiary alicyclic amines) is 1. The fraction of sp³-hybridized carbons (Fsp3) is 1.00. The Hall–Kier alpha value is -0.150. The smallest absolute Gasteiger partial charge is 0.102 e. The first-order valence-electron chi connectivity index (χ1n) is 5.79. The van der Waals surface area contributed by atoms with E-state index in [0.717, 1.165) is 19.6 Å². The summed E-state index contributed by atoms with van der Waals surface area (Å²) in [6.45, 7) is 8.07. The molecule has 2 atom stereocenters. The third-order valence-electron chi connectivity index (χ3n) is 3.05. The monoisotopic (exact) mass is 202 g/mol. The van der Waals surface area contributed by atoms with Crippen LogP contribution in [-0.2, 0) is 0 Å². The average molecular weight is 202 g/mol. The minimum absolute atomic E-state index is 0.209. The van der Waals surface area contributed by atoms with E-state index in [1.165, 1.54) is 12.8 Å². The van der Waals surface area contributed by atoms with E-state index in [4.69, 9.17) is 0 Å². The van der Waals surface area contributed by atoms with Crippen LogP contribution in [0.15, 0.2) is 0 Å². The molecule has 1 N–H and O–H groups in total. The highest BCUT2D eigenvalue weighted by atomic mass is 19.1. The molecule has 1 aliphatic heterocycles. The van der Waals surface area contributed by atoms with Crippen LogP contribution in [0.3, 0.4) is 0 Å². The molecule has 1 saturated heterocycles. The lowest BCUT2D eigenvalue weighted by Gasteiger charge is -2.37. The second-order valence-corrected chi connectivity index (χ2v) is 4.32. The van der Waals surface area contributed by atoms with Crippen LogP contribution in [0, 0.1) is 5.92 Å². The second kappa shape index (κ2) is 6.36. The van der Waals surface area contributed by atoms with E-state index in [2.05, 4.69) is 24.1 Å². The predicted octanol–water partition coefficient (Wildman–Crippen LogP) is 1.67. The van der Waals surface area contributed by atoms with E-state index in [1.54, 1.807) is 0 Å². The molecule has 14 heavy (non-hydrogen) atoms. The van der Waals surface area contributed by atoms with E-state index in [0.29, 0.717) is 18.5 Å². The van der Waals surface area contributed by atoms with Crippen molar-refractivity contribution in [1.82, 2.24) is 10.2 Å². The summed E-state index contributed by atoms with van der Waals surface area (Å²) in [6.07, 6.45) is 2.36. The number of rotatable bonds is 5. The summed E-state index contributed by atoms with van der Waals surface area (Å²) in [5.41, 5.74) is 0. The summed E-state index contributed by atoms with van der Waals surface area (Å²) >= 11 is 0. The Morgan fingerprint density at radius 1 is 1.50 bits per heavy atom. The summed E-state index contributed by atoms with van der Waals surface area (Å²) in [4.78, 5) is 2.23. The topological polar surface area (TPSA) is 15.3 Å². The molecule has 1 aliphatic rings. The van der Waals surface area contributed by atoms with Crippen LogP contribution in [-0.4, -0.2) is 43.8 Å². The molecule has 0 aromatic heterocycles. The van der Waals surface area contributed by atoms with Crippen LogP contribution in [0.5, 0.6) is 0 Å². The normalized spacial score (nSPS) is 29.4. The number of alkyl halides is 1. The predicted molar refractivity (Wildman–Crippen MR) is 58.3 cm³/mol. The van der Waals surface area contributed by atoms with Crippen molar-refractivity contribution in [3.05, 3.63) is 0 Å². The Bertz CT molecular complexity index is 152. The van der Waals surface area contributed by atoms with Crippen molar-refractivity contribution in [2.45, 2.75) is 32.7 Å². The van der Waals surface area contributed by atoms with E-state index >= 15 is 0 Å². The van der Waals surface area contributed by atoms with Gasteiger partial charge in [0.1, 0.15) is 6.67 Å². The Morgan fingerprint density at radius 3 is 2.86 bits per heavy atom. The van der Waals surface area contributed by atoms with Gasteiger partial charge in [0.2, 0.25) is 0 Å². The molecule has 1 fully saturated rings. The first-order chi connectivity index (χ1) is 6.77. The van der Waals surface area contributed by atoms with Gasteiger partial charge in [-0.15, -0.1) is 0 Å². The van der Waals surface area contributed by atoms with Gasteiger partial charge in [-0.3, -0.25) is 0 Å². The second-order valence-electron chi connectivity index (χ2n) is 4.32. The molecule has 0 bridgehead atoms. The van der Waals surface area contributed by atoms with Gasteiger partial charge in [0.05, 0.1) is 0 Å². The van der Waals surface area contributed by atoms with Gasteiger partial charge in [0.15, 0.2) is 0 Å². The number of piperidine rings is 1. The molecule has 84 valence electrons. The molecule has 2 nitrogen and oxygen atoms in total. The van der Waals surface area contributed by atoms with Gasteiger partial charge in [0.25, 0.3) is 0 Å². The molecule has 0 aliphatic carbocycles. The average Bonchev–Trinajstić information content (AvgIpc) is 2.17. The van der Waals surface area contributed by atoms with E-state index in [1.807, 2.05) is 0 Å². The zero-order valence-electron chi connectivity index (χ0n) is 9.43. The van der Waals surface area contributed by atoms with E-state index in [-0.39, 0.29) is 6.67 Å². The highest BCUT2D eigenvalue weighted by molar-refractivity contribution is 4.82. The molecular weight excluding hydrogens is 179 g/mol. The van der Waals surface area contributed by atoms with Crippen LogP contribution < -0.4 is 5.32 Å². The van der Waals surface area contributed by atoms with Crippen molar-refractivity contribution in [2.24, 2.45) is 5.92 Å². The molecule has 1 rings (SSSR count). The summed E-state index contributed by atoms with van der Waals surface area (Å²) in [7, 11) is 0. The molecule has 0 amide bonds. The van der Waals surface area contributed by atoms with Gasteiger partial charge in [-0.25, -0.2) is 4.39 Å². The van der Waals surface area contributed by atoms with E-state index in [9.17, 15) is 4.39 Å². The van der Waals surface area contributed by atoms with Gasteiger partial charge in [-0.1, -0.05) is 13.8 Å². The zero-order chi connectivity index (χ0) is 10.4. The van der Waals surface area contributed by atoms with Crippen molar-refractivity contribution in [3.63, 3.8) is 0 Å². The van der Waals surface area contributed by atoms with Crippen LogP contribution in [0.2, 0.25) is 0 Å². The Balaban J connectivity index is 2.24. The molecule has 0 radical (unpaired) electrons. The standard InChI is InChI=1S/C11H23FN2/c1-3-6-13-11-4-7-14(8-5-12)9-10(11)2/h10-11,13H,3-9H2,1-2H3. The van der Waals surface area contributed by atoms with Crippen molar-refractivity contribution in [2.75, 3.05) is 32.9 Å². The van der Waals surface area contributed by atoms with Gasteiger partial charge in [-0.2, -0.15) is 0 Å². The van der Waals surface area contributed by atoms with Crippen molar-refractivity contribution in [1.29, 1.82) is 0 Å². The molecule has 3 heteroatoms. The van der Waals surface area contributed by atoms with Crippen LogP contribution in [0.1, 0.15) is 26.7 Å². The summed E-state index contributed by atoms with van der Waals surface area (Å²) in [6, 6.07) is 0.644. The van der Waals surface area contributed by atoms with Crippen molar-refractivity contribution in [3.8, 4) is 0 Å². The zero-order valence-corrected chi connectivity index (χ0v) is 9.43. The molecule has 2 unspecified atom stereocenters. The molecule has 0 aromatic rings. The lowest BCUT2D eigenvalue weighted by Crippen LogP contribution is -2.48. The largest absolute Gasteiger partial charge is 0.314 e. The first kappa shape index (κ1) is 11.9. The molecular formula is C11H23FN2. The number of hydrogen-bond acceptors (Lipinski definition) is 2. The van der Waals surface area contributed by atoms with Crippen molar-refractivity contribution >= 4 is 0 Å². The molecule has 0 spiro atoms. The Kier molecular flexibility index (Phi) is 5.41. The summed E-state index contributed by atoms with van der Waals surface area (Å²) in [5, 5.41) is 3.56. The third kappa shape index (κ3) is 3.54. The van der Waals surface area contributed by atoms with Crippen LogP contribution in [0.25, 0.3) is 0 Å². The number of nitrogens with zero attached hydrogens (tertiary/aromatic N) is 1. The molecule has 0 aromatic carbocycles. The number of halogens is 1. The minimum atomic E-state index is -0.209. The lowest BCUT2D eigenvalue weighted by molar-refractivity contribution is 0.139. The Labute approximate surface area is 86.9 Å². The molecule has 0 saturated carbocycles. The lowest BCUT2D eigenvalue weighted by atomic mass is 9.94. The van der Waals surface area contributed by atoms with Gasteiger partial charge < -0.3 is 10.2 Å². The maximum absolute atomic E-state index is 12.1. The molecule has 1 heterocycles.